The lowest BCUT2D eigenvalue weighted by Gasteiger charge is -2.20. The smallest absolute Gasteiger partial charge is 0.339 e. The van der Waals surface area contributed by atoms with E-state index in [1.165, 1.54) is 0 Å². The van der Waals surface area contributed by atoms with Gasteiger partial charge in [0.1, 0.15) is 13.2 Å². The normalized spacial score (nSPS) is 10.9. The molecule has 0 saturated heterocycles. The Balaban J connectivity index is 3.21. The molecule has 0 unspecified atom stereocenters. The minimum absolute atomic E-state index is 0.110. The van der Waals surface area contributed by atoms with Gasteiger partial charge in [-0.05, 0) is 48.1 Å². The van der Waals surface area contributed by atoms with Crippen LogP contribution >= 0.6 is 0 Å². The molecule has 130 valence electrons. The topological polar surface area (TPSA) is 52.6 Å². The van der Waals surface area contributed by atoms with Gasteiger partial charge in [0.05, 0.1) is 11.1 Å². The van der Waals surface area contributed by atoms with Gasteiger partial charge in [0.15, 0.2) is 0 Å². The zero-order valence-electron chi connectivity index (χ0n) is 15.2. The van der Waals surface area contributed by atoms with Crippen LogP contribution in [0.15, 0.2) is 42.5 Å². The quantitative estimate of drug-likeness (QED) is 0.571. The Labute approximate surface area is 144 Å². The third-order valence-electron chi connectivity index (χ3n) is 3.22. The summed E-state index contributed by atoms with van der Waals surface area (Å²) < 4.78 is 10.4. The number of benzene rings is 1. The van der Waals surface area contributed by atoms with Crippen LogP contribution in [0.4, 0.5) is 0 Å². The van der Waals surface area contributed by atoms with Gasteiger partial charge in [0.25, 0.3) is 0 Å². The van der Waals surface area contributed by atoms with Crippen LogP contribution < -0.4 is 0 Å². The Morgan fingerprint density at radius 1 is 0.917 bits per heavy atom. The molecular weight excluding hydrogens is 304 g/mol. The van der Waals surface area contributed by atoms with Crippen molar-refractivity contribution in [1.82, 2.24) is 0 Å². The summed E-state index contributed by atoms with van der Waals surface area (Å²) in [6, 6.07) is 5.13. The minimum atomic E-state index is -0.569. The summed E-state index contributed by atoms with van der Waals surface area (Å²) in [5, 5.41) is 0. The summed E-state index contributed by atoms with van der Waals surface area (Å²) in [7, 11) is 0. The summed E-state index contributed by atoms with van der Waals surface area (Å²) in [5.74, 6) is -1.13. The third-order valence-corrected chi connectivity index (χ3v) is 3.22. The molecule has 4 heteroatoms. The van der Waals surface area contributed by atoms with Crippen molar-refractivity contribution in [3.8, 4) is 0 Å². The van der Waals surface area contributed by atoms with Crippen LogP contribution in [0.25, 0.3) is 0 Å². The molecule has 1 rings (SSSR count). The number of carbonyl (C=O) groups is 2. The maximum atomic E-state index is 12.4. The Bertz CT molecular complexity index is 663. The first-order chi connectivity index (χ1) is 11.0. The van der Waals surface area contributed by atoms with E-state index in [1.807, 2.05) is 26.8 Å². The zero-order valence-corrected chi connectivity index (χ0v) is 15.2. The first-order valence-electron chi connectivity index (χ1n) is 7.80. The Morgan fingerprint density at radius 2 is 1.38 bits per heavy atom. The number of ether oxygens (including phenoxy) is 2. The van der Waals surface area contributed by atoms with E-state index in [2.05, 4.69) is 13.2 Å². The fourth-order valence-corrected chi connectivity index (χ4v) is 1.89. The molecule has 0 amide bonds. The number of hydrogen-bond acceptors (Lipinski definition) is 4. The molecule has 0 bridgehead atoms. The van der Waals surface area contributed by atoms with Gasteiger partial charge < -0.3 is 9.47 Å². The molecule has 0 spiro atoms. The molecule has 0 saturated carbocycles. The molecule has 1 aromatic rings. The van der Waals surface area contributed by atoms with E-state index in [0.29, 0.717) is 0 Å². The number of rotatable bonds is 6. The Morgan fingerprint density at radius 3 is 1.79 bits per heavy atom. The molecule has 0 aliphatic rings. The molecule has 1 aromatic carbocycles. The van der Waals surface area contributed by atoms with Crippen LogP contribution in [0.5, 0.6) is 0 Å². The van der Waals surface area contributed by atoms with Gasteiger partial charge in [0.2, 0.25) is 0 Å². The van der Waals surface area contributed by atoms with E-state index in [0.717, 1.165) is 16.7 Å². The summed E-state index contributed by atoms with van der Waals surface area (Å²) in [6.07, 6.45) is 0. The van der Waals surface area contributed by atoms with Gasteiger partial charge in [-0.3, -0.25) is 0 Å². The van der Waals surface area contributed by atoms with Gasteiger partial charge in [0, 0.05) is 0 Å². The molecular formula is C20H26O4. The molecule has 0 atom stereocenters. The van der Waals surface area contributed by atoms with E-state index in [1.54, 1.807) is 26.0 Å². The highest BCUT2D eigenvalue weighted by Gasteiger charge is 2.23. The van der Waals surface area contributed by atoms with E-state index in [4.69, 9.17) is 9.47 Å². The average Bonchev–Trinajstić information content (AvgIpc) is 2.48. The molecule has 0 aliphatic carbocycles. The molecule has 0 aromatic heterocycles. The molecule has 4 nitrogen and oxygen atoms in total. The monoisotopic (exact) mass is 330 g/mol. The lowest BCUT2D eigenvalue weighted by molar-refractivity contribution is 0.0493. The summed E-state index contributed by atoms with van der Waals surface area (Å²) in [6.45, 7) is 17.2. The van der Waals surface area contributed by atoms with E-state index in [-0.39, 0.29) is 29.8 Å². The minimum Gasteiger partial charge on any atom is -0.458 e. The highest BCUT2D eigenvalue weighted by Crippen LogP contribution is 2.25. The largest absolute Gasteiger partial charge is 0.458 e. The Kier molecular flexibility index (Phi) is 6.52. The fourth-order valence-electron chi connectivity index (χ4n) is 1.89. The van der Waals surface area contributed by atoms with Crippen LogP contribution in [0.2, 0.25) is 0 Å². The second kappa shape index (κ2) is 7.95. The molecule has 0 N–H and O–H groups in total. The van der Waals surface area contributed by atoms with Gasteiger partial charge >= 0.3 is 11.9 Å². The first kappa shape index (κ1) is 19.7. The summed E-state index contributed by atoms with van der Waals surface area (Å²) in [5.41, 5.74) is 2.61. The number of carbonyl (C=O) groups excluding carboxylic acids is 2. The van der Waals surface area contributed by atoms with Crippen LogP contribution in [0.3, 0.4) is 0 Å². The van der Waals surface area contributed by atoms with Crippen molar-refractivity contribution in [3.63, 3.8) is 0 Å². The summed E-state index contributed by atoms with van der Waals surface area (Å²) in [4.78, 5) is 24.7. The van der Waals surface area contributed by atoms with Crippen molar-refractivity contribution in [2.45, 2.75) is 40.0 Å². The molecule has 0 heterocycles. The maximum Gasteiger partial charge on any atom is 0.339 e. The van der Waals surface area contributed by atoms with Gasteiger partial charge in [-0.25, -0.2) is 9.59 Å². The average molecular weight is 330 g/mol. The lowest BCUT2D eigenvalue weighted by atomic mass is 9.85. The highest BCUT2D eigenvalue weighted by molar-refractivity contribution is 6.03. The van der Waals surface area contributed by atoms with Gasteiger partial charge in [-0.1, -0.05) is 40.0 Å². The predicted molar refractivity (Wildman–Crippen MR) is 95.3 cm³/mol. The predicted octanol–water partition coefficient (Wildman–Crippen LogP) is 4.45. The number of hydrogen-bond donors (Lipinski definition) is 0. The lowest BCUT2D eigenvalue weighted by Crippen LogP contribution is -2.18. The van der Waals surface area contributed by atoms with Gasteiger partial charge in [-0.15, -0.1) is 0 Å². The first-order valence-corrected chi connectivity index (χ1v) is 7.80. The van der Waals surface area contributed by atoms with Crippen LogP contribution in [0, 0.1) is 0 Å². The molecule has 24 heavy (non-hydrogen) atoms. The van der Waals surface area contributed by atoms with Crippen molar-refractivity contribution >= 4 is 11.9 Å². The van der Waals surface area contributed by atoms with Crippen molar-refractivity contribution in [1.29, 1.82) is 0 Å². The zero-order chi connectivity index (χ0) is 18.5. The van der Waals surface area contributed by atoms with Crippen LogP contribution in [-0.4, -0.2) is 25.2 Å². The Hall–Kier alpha value is -2.36. The summed E-state index contributed by atoms with van der Waals surface area (Å²) >= 11 is 0. The van der Waals surface area contributed by atoms with E-state index >= 15 is 0 Å². The van der Waals surface area contributed by atoms with Crippen molar-refractivity contribution in [2.24, 2.45) is 0 Å². The van der Waals surface area contributed by atoms with Crippen molar-refractivity contribution in [2.75, 3.05) is 13.2 Å². The maximum absolute atomic E-state index is 12.4. The standard InChI is InChI=1S/C20H26O4/c1-13(2)11-23-18(21)16-9-8-15(20(5,6)7)10-17(16)19(22)24-12-14(3)4/h8-10H,1,3,11-12H2,2,4-7H3. The number of esters is 2. The fraction of sp³-hybridized carbons (Fsp3) is 0.400. The van der Waals surface area contributed by atoms with Crippen molar-refractivity contribution < 1.29 is 19.1 Å². The second-order valence-corrected chi connectivity index (χ2v) is 7.08. The molecule has 0 radical (unpaired) electrons. The van der Waals surface area contributed by atoms with Crippen LogP contribution in [0.1, 0.15) is 60.9 Å². The van der Waals surface area contributed by atoms with Crippen LogP contribution in [-0.2, 0) is 14.9 Å². The van der Waals surface area contributed by atoms with E-state index < -0.39 is 11.9 Å². The molecule has 0 fully saturated rings. The van der Waals surface area contributed by atoms with Gasteiger partial charge in [-0.2, -0.15) is 0 Å². The van der Waals surface area contributed by atoms with Crippen molar-refractivity contribution in [3.05, 3.63) is 59.2 Å². The molecule has 0 aliphatic heterocycles. The second-order valence-electron chi connectivity index (χ2n) is 7.08. The SMILES string of the molecule is C=C(C)COC(=O)c1ccc(C(C)(C)C)cc1C(=O)OCC(=C)C. The van der Waals surface area contributed by atoms with E-state index in [9.17, 15) is 9.59 Å². The highest BCUT2D eigenvalue weighted by atomic mass is 16.5. The third kappa shape index (κ3) is 5.69.